The molecule has 1 aliphatic heterocycles. The summed E-state index contributed by atoms with van der Waals surface area (Å²) in [5.74, 6) is -0.892. The zero-order valence-corrected chi connectivity index (χ0v) is 12.6. The van der Waals surface area contributed by atoms with E-state index in [-0.39, 0.29) is 23.8 Å². The second-order valence-corrected chi connectivity index (χ2v) is 6.87. The summed E-state index contributed by atoms with van der Waals surface area (Å²) >= 11 is 0. The van der Waals surface area contributed by atoms with E-state index in [2.05, 4.69) is 5.32 Å². The zero-order valence-electron chi connectivity index (χ0n) is 12.6. The monoisotopic (exact) mass is 283 g/mol. The number of carbonyl (C=O) groups is 2. The van der Waals surface area contributed by atoms with E-state index in [0.717, 1.165) is 6.42 Å². The van der Waals surface area contributed by atoms with Gasteiger partial charge in [-0.1, -0.05) is 27.7 Å². The van der Waals surface area contributed by atoms with Crippen molar-refractivity contribution in [2.24, 2.45) is 28.7 Å². The summed E-state index contributed by atoms with van der Waals surface area (Å²) in [5, 5.41) is 2.73. The Bertz CT molecular complexity index is 435. The van der Waals surface area contributed by atoms with Crippen molar-refractivity contribution in [2.75, 3.05) is 6.61 Å². The van der Waals surface area contributed by atoms with Crippen molar-refractivity contribution < 1.29 is 14.3 Å². The van der Waals surface area contributed by atoms with Crippen LogP contribution in [0.4, 0.5) is 0 Å². The molecule has 0 aromatic heterocycles. The summed E-state index contributed by atoms with van der Waals surface area (Å²) < 4.78 is 5.66. The highest BCUT2D eigenvalue weighted by molar-refractivity contribution is 5.93. The minimum atomic E-state index is -1.00. The molecule has 6 nitrogen and oxygen atoms in total. The molecule has 1 saturated carbocycles. The predicted molar refractivity (Wildman–Crippen MR) is 74.5 cm³/mol. The summed E-state index contributed by atoms with van der Waals surface area (Å²) in [7, 11) is 0. The van der Waals surface area contributed by atoms with E-state index in [4.69, 9.17) is 16.2 Å². The number of amides is 2. The van der Waals surface area contributed by atoms with Gasteiger partial charge in [-0.3, -0.25) is 9.59 Å². The number of carbonyl (C=O) groups excluding carboxylic acids is 2. The quantitative estimate of drug-likeness (QED) is 0.661. The Labute approximate surface area is 119 Å². The van der Waals surface area contributed by atoms with Gasteiger partial charge in [0.05, 0.1) is 6.10 Å². The van der Waals surface area contributed by atoms with Crippen molar-refractivity contribution in [3.8, 4) is 0 Å². The van der Waals surface area contributed by atoms with Gasteiger partial charge < -0.3 is 21.5 Å². The Hall–Kier alpha value is -1.14. The fourth-order valence-electron chi connectivity index (χ4n) is 3.67. The van der Waals surface area contributed by atoms with Gasteiger partial charge in [0.25, 0.3) is 0 Å². The first-order valence-electron chi connectivity index (χ1n) is 7.14. The molecule has 5 N–H and O–H groups in total. The SMILES string of the molecule is CC(C)C(NC(=O)C1(N)C2CCOC2C1(C)C)C(N)=O. The van der Waals surface area contributed by atoms with Crippen LogP contribution in [0.3, 0.4) is 0 Å². The molecule has 20 heavy (non-hydrogen) atoms. The van der Waals surface area contributed by atoms with Crippen molar-refractivity contribution in [3.05, 3.63) is 0 Å². The fourth-order valence-corrected chi connectivity index (χ4v) is 3.67. The average molecular weight is 283 g/mol. The second-order valence-electron chi connectivity index (χ2n) is 6.87. The highest BCUT2D eigenvalue weighted by Gasteiger charge is 2.71. The van der Waals surface area contributed by atoms with Crippen LogP contribution in [-0.4, -0.2) is 36.1 Å². The first kappa shape index (κ1) is 15.3. The molecule has 1 saturated heterocycles. The first-order valence-corrected chi connectivity index (χ1v) is 7.14. The molecular weight excluding hydrogens is 258 g/mol. The lowest BCUT2D eigenvalue weighted by Gasteiger charge is -2.60. The number of primary amides is 1. The maximum atomic E-state index is 12.6. The number of rotatable bonds is 4. The molecule has 2 rings (SSSR count). The van der Waals surface area contributed by atoms with Gasteiger partial charge in [0.15, 0.2) is 0 Å². The maximum absolute atomic E-state index is 12.6. The van der Waals surface area contributed by atoms with Crippen molar-refractivity contribution >= 4 is 11.8 Å². The molecule has 0 radical (unpaired) electrons. The third kappa shape index (κ3) is 1.85. The van der Waals surface area contributed by atoms with Crippen LogP contribution in [0, 0.1) is 17.3 Å². The number of ether oxygens (including phenoxy) is 1. The normalized spacial score (nSPS) is 36.1. The van der Waals surface area contributed by atoms with Crippen LogP contribution in [0.25, 0.3) is 0 Å². The van der Waals surface area contributed by atoms with Gasteiger partial charge in [-0.2, -0.15) is 0 Å². The highest BCUT2D eigenvalue weighted by atomic mass is 16.5. The summed E-state index contributed by atoms with van der Waals surface area (Å²) in [4.78, 5) is 24.1. The Morgan fingerprint density at radius 1 is 1.35 bits per heavy atom. The summed E-state index contributed by atoms with van der Waals surface area (Å²) in [5.41, 5.74) is 10.3. The van der Waals surface area contributed by atoms with E-state index in [9.17, 15) is 9.59 Å². The molecule has 6 heteroatoms. The van der Waals surface area contributed by atoms with Crippen LogP contribution in [0.1, 0.15) is 34.1 Å². The van der Waals surface area contributed by atoms with Gasteiger partial charge in [-0.15, -0.1) is 0 Å². The van der Waals surface area contributed by atoms with Crippen LogP contribution in [0.5, 0.6) is 0 Å². The van der Waals surface area contributed by atoms with Crippen molar-refractivity contribution in [1.82, 2.24) is 5.32 Å². The molecule has 0 aromatic carbocycles. The standard InChI is InChI=1S/C14H25N3O3/c1-7(2)9(11(15)18)17-12(19)14(16)8-5-6-20-10(8)13(14,3)4/h7-10H,5-6,16H2,1-4H3,(H2,15,18)(H,17,19). The summed E-state index contributed by atoms with van der Waals surface area (Å²) in [6.07, 6.45) is 0.797. The molecule has 1 aliphatic carbocycles. The van der Waals surface area contributed by atoms with Crippen molar-refractivity contribution in [3.63, 3.8) is 0 Å². The first-order chi connectivity index (χ1) is 9.14. The molecular formula is C14H25N3O3. The lowest BCUT2D eigenvalue weighted by atomic mass is 9.48. The molecule has 0 aromatic rings. The second kappa shape index (κ2) is 4.70. The predicted octanol–water partition coefficient (Wildman–Crippen LogP) is -0.245. The molecule has 114 valence electrons. The van der Waals surface area contributed by atoms with Crippen LogP contribution >= 0.6 is 0 Å². The summed E-state index contributed by atoms with van der Waals surface area (Å²) in [6.45, 7) is 8.19. The van der Waals surface area contributed by atoms with E-state index in [1.54, 1.807) is 0 Å². The lowest BCUT2D eigenvalue weighted by molar-refractivity contribution is -0.176. The molecule has 4 unspecified atom stereocenters. The minimum Gasteiger partial charge on any atom is -0.377 e. The number of hydrogen-bond donors (Lipinski definition) is 3. The van der Waals surface area contributed by atoms with Gasteiger partial charge >= 0.3 is 0 Å². The van der Waals surface area contributed by atoms with Crippen LogP contribution in [0.15, 0.2) is 0 Å². The molecule has 2 amide bonds. The third-order valence-electron chi connectivity index (χ3n) is 5.09. The molecule has 0 spiro atoms. The van der Waals surface area contributed by atoms with Crippen molar-refractivity contribution in [1.29, 1.82) is 0 Å². The average Bonchev–Trinajstić information content (AvgIpc) is 2.81. The fraction of sp³-hybridized carbons (Fsp3) is 0.857. The lowest BCUT2D eigenvalue weighted by Crippen LogP contribution is -2.80. The van der Waals surface area contributed by atoms with E-state index >= 15 is 0 Å². The topological polar surface area (TPSA) is 107 Å². The Kier molecular flexibility index (Phi) is 3.59. The number of fused-ring (bicyclic) bond motifs is 1. The van der Waals surface area contributed by atoms with Crippen LogP contribution in [-0.2, 0) is 14.3 Å². The van der Waals surface area contributed by atoms with Gasteiger partial charge in [0, 0.05) is 17.9 Å². The Balaban J connectivity index is 2.18. The van der Waals surface area contributed by atoms with Crippen LogP contribution in [0.2, 0.25) is 0 Å². The van der Waals surface area contributed by atoms with Gasteiger partial charge in [0.1, 0.15) is 11.6 Å². The number of nitrogens with one attached hydrogen (secondary N) is 1. The molecule has 2 aliphatic rings. The highest BCUT2D eigenvalue weighted by Crippen LogP contribution is 2.58. The zero-order chi connectivity index (χ0) is 15.3. The third-order valence-corrected chi connectivity index (χ3v) is 5.09. The number of nitrogens with two attached hydrogens (primary N) is 2. The largest absolute Gasteiger partial charge is 0.377 e. The van der Waals surface area contributed by atoms with E-state index in [1.165, 1.54) is 0 Å². The van der Waals surface area contributed by atoms with Crippen LogP contribution < -0.4 is 16.8 Å². The van der Waals surface area contributed by atoms with Gasteiger partial charge in [-0.25, -0.2) is 0 Å². The van der Waals surface area contributed by atoms with E-state index in [1.807, 2.05) is 27.7 Å². The smallest absolute Gasteiger partial charge is 0.241 e. The molecule has 0 bridgehead atoms. The van der Waals surface area contributed by atoms with E-state index in [0.29, 0.717) is 6.61 Å². The molecule has 2 fully saturated rings. The Morgan fingerprint density at radius 3 is 2.45 bits per heavy atom. The summed E-state index contributed by atoms with van der Waals surface area (Å²) in [6, 6.07) is -0.694. The van der Waals surface area contributed by atoms with Crippen molar-refractivity contribution in [2.45, 2.75) is 51.8 Å². The van der Waals surface area contributed by atoms with Gasteiger partial charge in [0.2, 0.25) is 11.8 Å². The van der Waals surface area contributed by atoms with E-state index < -0.39 is 22.9 Å². The molecule has 4 atom stereocenters. The minimum absolute atomic E-state index is 0.0122. The van der Waals surface area contributed by atoms with Gasteiger partial charge in [-0.05, 0) is 12.3 Å². The Morgan fingerprint density at radius 2 is 1.95 bits per heavy atom. The molecule has 1 heterocycles. The maximum Gasteiger partial charge on any atom is 0.241 e. The number of hydrogen-bond acceptors (Lipinski definition) is 4.